The van der Waals surface area contributed by atoms with Gasteiger partial charge in [-0.3, -0.25) is 9.59 Å². The van der Waals surface area contributed by atoms with Crippen molar-refractivity contribution in [3.05, 3.63) is 29.8 Å². The topological polar surface area (TPSA) is 67.4 Å². The molecule has 0 fully saturated rings. The summed E-state index contributed by atoms with van der Waals surface area (Å²) in [6.07, 6.45) is 4.38. The van der Waals surface area contributed by atoms with Crippen LogP contribution in [-0.4, -0.2) is 25.5 Å². The lowest BCUT2D eigenvalue weighted by Gasteiger charge is -2.15. The van der Waals surface area contributed by atoms with E-state index in [-0.39, 0.29) is 0 Å². The average Bonchev–Trinajstić information content (AvgIpc) is 2.59. The third-order valence-corrected chi connectivity index (χ3v) is 3.89. The van der Waals surface area contributed by atoms with Crippen LogP contribution >= 0.6 is 0 Å². The maximum absolute atomic E-state index is 11.8. The highest BCUT2D eigenvalue weighted by Crippen LogP contribution is 2.12. The highest BCUT2D eigenvalue weighted by Gasteiger charge is 2.15. The molecule has 0 unspecified atom stereocenters. The van der Waals surface area contributed by atoms with Crippen LogP contribution in [0.4, 0.5) is 0 Å². The van der Waals surface area contributed by atoms with Crippen molar-refractivity contribution in [2.45, 2.75) is 46.1 Å². The van der Waals surface area contributed by atoms with Gasteiger partial charge < -0.3 is 15.4 Å². The zero-order valence-electron chi connectivity index (χ0n) is 14.4. The Morgan fingerprint density at radius 2 is 1.91 bits per heavy atom. The van der Waals surface area contributed by atoms with Crippen molar-refractivity contribution in [3.63, 3.8) is 0 Å². The number of benzene rings is 1. The summed E-state index contributed by atoms with van der Waals surface area (Å²) < 4.78 is 5.13. The van der Waals surface area contributed by atoms with E-state index in [1.807, 2.05) is 24.3 Å². The smallest absolute Gasteiger partial charge is 0.309 e. The van der Waals surface area contributed by atoms with Gasteiger partial charge in [-0.05, 0) is 30.0 Å². The van der Waals surface area contributed by atoms with Gasteiger partial charge in [0.25, 0.3) is 0 Å². The molecule has 128 valence electrons. The number of carbonyl (C=O) groups is 2. The van der Waals surface area contributed by atoms with Crippen LogP contribution in [0.3, 0.4) is 0 Å². The van der Waals surface area contributed by atoms with Crippen molar-refractivity contribution in [1.29, 1.82) is 0 Å². The highest BCUT2D eigenvalue weighted by molar-refractivity contribution is 6.35. The lowest BCUT2D eigenvalue weighted by molar-refractivity contribution is -0.139. The fraction of sp³-hybridized carbons (Fsp3) is 0.556. The molecule has 1 aromatic carbocycles. The molecule has 0 aliphatic rings. The summed E-state index contributed by atoms with van der Waals surface area (Å²) in [6, 6.07) is 7.38. The molecule has 5 heteroatoms. The van der Waals surface area contributed by atoms with Gasteiger partial charge in [0.05, 0.1) is 7.11 Å². The van der Waals surface area contributed by atoms with E-state index in [1.165, 1.54) is 0 Å². The first-order chi connectivity index (χ1) is 11.1. The third-order valence-electron chi connectivity index (χ3n) is 3.89. The summed E-state index contributed by atoms with van der Waals surface area (Å²) in [6.45, 7) is 5.12. The molecule has 0 bridgehead atoms. The number of rotatable bonds is 9. The fourth-order valence-electron chi connectivity index (χ4n) is 2.31. The summed E-state index contributed by atoms with van der Waals surface area (Å²) in [7, 11) is 1.59. The molecule has 0 aliphatic carbocycles. The molecule has 2 amide bonds. The van der Waals surface area contributed by atoms with E-state index in [2.05, 4.69) is 24.5 Å². The van der Waals surface area contributed by atoms with Gasteiger partial charge in [0.2, 0.25) is 0 Å². The Kier molecular flexibility index (Phi) is 8.80. The van der Waals surface area contributed by atoms with Crippen molar-refractivity contribution in [3.8, 4) is 5.75 Å². The minimum Gasteiger partial charge on any atom is -0.497 e. The lowest BCUT2D eigenvalue weighted by atomic mass is 9.99. The maximum Gasteiger partial charge on any atom is 0.309 e. The molecule has 1 atom stereocenters. The monoisotopic (exact) mass is 320 g/mol. The molecule has 0 aliphatic heterocycles. The SMILES string of the molecule is CCCC[C@@H](CC)CNC(=O)C(=O)NCc1cccc(OC)c1. The molecule has 0 aromatic heterocycles. The minimum absolute atomic E-state index is 0.302. The van der Waals surface area contributed by atoms with E-state index in [4.69, 9.17) is 4.74 Å². The largest absolute Gasteiger partial charge is 0.497 e. The second-order valence-corrected chi connectivity index (χ2v) is 5.66. The second kappa shape index (κ2) is 10.6. The number of amides is 2. The van der Waals surface area contributed by atoms with Crippen LogP contribution in [0.1, 0.15) is 45.1 Å². The second-order valence-electron chi connectivity index (χ2n) is 5.66. The van der Waals surface area contributed by atoms with Crippen molar-refractivity contribution in [1.82, 2.24) is 10.6 Å². The third kappa shape index (κ3) is 7.17. The van der Waals surface area contributed by atoms with E-state index in [9.17, 15) is 9.59 Å². The summed E-state index contributed by atoms with van der Waals surface area (Å²) >= 11 is 0. The first kappa shape index (κ1) is 19.0. The molecule has 0 heterocycles. The van der Waals surface area contributed by atoms with Gasteiger partial charge in [0.1, 0.15) is 5.75 Å². The van der Waals surface area contributed by atoms with E-state index < -0.39 is 11.8 Å². The molecule has 1 aromatic rings. The van der Waals surface area contributed by atoms with Gasteiger partial charge >= 0.3 is 11.8 Å². The van der Waals surface area contributed by atoms with Crippen LogP contribution in [0.5, 0.6) is 5.75 Å². The molecule has 5 nitrogen and oxygen atoms in total. The van der Waals surface area contributed by atoms with Crippen LogP contribution in [-0.2, 0) is 16.1 Å². The van der Waals surface area contributed by atoms with Crippen LogP contribution in [0.2, 0.25) is 0 Å². The number of carbonyl (C=O) groups excluding carboxylic acids is 2. The van der Waals surface area contributed by atoms with E-state index in [0.29, 0.717) is 19.0 Å². The summed E-state index contributed by atoms with van der Waals surface area (Å²) in [5.41, 5.74) is 0.889. The Bertz CT molecular complexity index is 503. The Hall–Kier alpha value is -2.04. The van der Waals surface area contributed by atoms with E-state index in [1.54, 1.807) is 7.11 Å². The van der Waals surface area contributed by atoms with E-state index in [0.717, 1.165) is 37.0 Å². The number of unbranched alkanes of at least 4 members (excludes halogenated alkanes) is 1. The normalized spacial score (nSPS) is 11.6. The minimum atomic E-state index is -0.599. The predicted octanol–water partition coefficient (Wildman–Crippen LogP) is 2.64. The Morgan fingerprint density at radius 1 is 1.17 bits per heavy atom. The molecule has 1 rings (SSSR count). The zero-order chi connectivity index (χ0) is 17.1. The molecular weight excluding hydrogens is 292 g/mol. The fourth-order valence-corrected chi connectivity index (χ4v) is 2.31. The molecule has 0 saturated heterocycles. The van der Waals surface area contributed by atoms with Crippen molar-refractivity contribution in [2.75, 3.05) is 13.7 Å². The standard InChI is InChI=1S/C18H28N2O3/c1-4-6-8-14(5-2)12-19-17(21)18(22)20-13-15-9-7-10-16(11-15)23-3/h7,9-11,14H,4-6,8,12-13H2,1-3H3,(H,19,21)(H,20,22)/t14-/m1/s1. The molecule has 23 heavy (non-hydrogen) atoms. The summed E-state index contributed by atoms with van der Waals surface area (Å²) in [5.74, 6) is -0.00555. The van der Waals surface area contributed by atoms with Crippen molar-refractivity contribution in [2.24, 2.45) is 5.92 Å². The number of ether oxygens (including phenoxy) is 1. The first-order valence-electron chi connectivity index (χ1n) is 8.29. The van der Waals surface area contributed by atoms with Gasteiger partial charge in [-0.1, -0.05) is 45.2 Å². The average molecular weight is 320 g/mol. The van der Waals surface area contributed by atoms with Crippen molar-refractivity contribution < 1.29 is 14.3 Å². The van der Waals surface area contributed by atoms with Crippen LogP contribution in [0.25, 0.3) is 0 Å². The van der Waals surface area contributed by atoms with Crippen LogP contribution in [0.15, 0.2) is 24.3 Å². The summed E-state index contributed by atoms with van der Waals surface area (Å²) in [5, 5.41) is 5.35. The van der Waals surface area contributed by atoms with Gasteiger partial charge in [-0.2, -0.15) is 0 Å². The molecule has 0 spiro atoms. The Balaban J connectivity index is 2.37. The summed E-state index contributed by atoms with van der Waals surface area (Å²) in [4.78, 5) is 23.7. The lowest BCUT2D eigenvalue weighted by Crippen LogP contribution is -2.41. The number of hydrogen-bond acceptors (Lipinski definition) is 3. The number of nitrogens with one attached hydrogen (secondary N) is 2. The predicted molar refractivity (Wildman–Crippen MR) is 91.2 cm³/mol. The van der Waals surface area contributed by atoms with Crippen LogP contribution < -0.4 is 15.4 Å². The molecule has 0 saturated carbocycles. The van der Waals surface area contributed by atoms with Gasteiger partial charge in [0.15, 0.2) is 0 Å². The van der Waals surface area contributed by atoms with Gasteiger partial charge in [0, 0.05) is 13.1 Å². The van der Waals surface area contributed by atoms with Crippen LogP contribution in [0, 0.1) is 5.92 Å². The molecular formula is C18H28N2O3. The maximum atomic E-state index is 11.8. The van der Waals surface area contributed by atoms with Crippen molar-refractivity contribution >= 4 is 11.8 Å². The Labute approximate surface area is 138 Å². The highest BCUT2D eigenvalue weighted by atomic mass is 16.5. The van der Waals surface area contributed by atoms with Gasteiger partial charge in [-0.25, -0.2) is 0 Å². The zero-order valence-corrected chi connectivity index (χ0v) is 14.4. The number of methoxy groups -OCH3 is 1. The van der Waals surface area contributed by atoms with Gasteiger partial charge in [-0.15, -0.1) is 0 Å². The molecule has 0 radical (unpaired) electrons. The van der Waals surface area contributed by atoms with E-state index >= 15 is 0 Å². The number of hydrogen-bond donors (Lipinski definition) is 2. The Morgan fingerprint density at radius 3 is 2.57 bits per heavy atom. The first-order valence-corrected chi connectivity index (χ1v) is 8.29. The quantitative estimate of drug-likeness (QED) is 0.687. The molecule has 2 N–H and O–H groups in total.